The highest BCUT2D eigenvalue weighted by atomic mass is 15.4. The summed E-state index contributed by atoms with van der Waals surface area (Å²) >= 11 is 0. The maximum atomic E-state index is 4.11. The zero-order valence-corrected chi connectivity index (χ0v) is 4.94. The molecule has 0 saturated heterocycles. The average Bonchev–Trinajstić information content (AvgIpc) is 2.33. The van der Waals surface area contributed by atoms with Crippen LogP contribution in [0.2, 0.25) is 0 Å². The molecule has 3 heteroatoms. The predicted molar refractivity (Wildman–Crippen MR) is 36.6 cm³/mol. The SMILES string of the molecule is C1=CN2CC=NC2N=C1. The molecule has 0 fully saturated rings. The molecular weight excluding hydrogens is 114 g/mol. The van der Waals surface area contributed by atoms with Gasteiger partial charge in [-0.25, -0.2) is 9.98 Å². The smallest absolute Gasteiger partial charge is 0.215 e. The lowest BCUT2D eigenvalue weighted by Crippen LogP contribution is -2.24. The first kappa shape index (κ1) is 4.73. The Morgan fingerprint density at radius 3 is 3.33 bits per heavy atom. The second kappa shape index (κ2) is 1.69. The Balaban J connectivity index is 2.25. The van der Waals surface area contributed by atoms with Crippen molar-refractivity contribution in [2.45, 2.75) is 6.29 Å². The number of rotatable bonds is 0. The second-order valence-electron chi connectivity index (χ2n) is 2.01. The van der Waals surface area contributed by atoms with Gasteiger partial charge in [0.05, 0.1) is 6.54 Å². The minimum Gasteiger partial charge on any atom is -0.333 e. The Kier molecular flexibility index (Phi) is 0.886. The van der Waals surface area contributed by atoms with Gasteiger partial charge in [-0.15, -0.1) is 0 Å². The number of allylic oxidation sites excluding steroid dienone is 1. The van der Waals surface area contributed by atoms with Crippen molar-refractivity contribution in [1.29, 1.82) is 0 Å². The summed E-state index contributed by atoms with van der Waals surface area (Å²) in [5.41, 5.74) is 0. The summed E-state index contributed by atoms with van der Waals surface area (Å²) in [6.07, 6.45) is 7.65. The van der Waals surface area contributed by atoms with Gasteiger partial charge in [-0.3, -0.25) is 0 Å². The van der Waals surface area contributed by atoms with Crippen LogP contribution in [-0.4, -0.2) is 30.2 Å². The first-order valence-corrected chi connectivity index (χ1v) is 2.94. The molecule has 2 aliphatic heterocycles. The molecule has 0 saturated carbocycles. The fourth-order valence-electron chi connectivity index (χ4n) is 0.953. The lowest BCUT2D eigenvalue weighted by atomic mass is 10.5. The zero-order chi connectivity index (χ0) is 6.10. The van der Waals surface area contributed by atoms with Crippen LogP contribution in [0.15, 0.2) is 22.3 Å². The molecular formula is C6H7N3. The van der Waals surface area contributed by atoms with Crippen LogP contribution in [0.4, 0.5) is 0 Å². The van der Waals surface area contributed by atoms with Crippen molar-refractivity contribution in [3.05, 3.63) is 12.3 Å². The van der Waals surface area contributed by atoms with E-state index in [1.807, 2.05) is 18.5 Å². The average molecular weight is 121 g/mol. The Morgan fingerprint density at radius 2 is 2.44 bits per heavy atom. The molecule has 0 spiro atoms. The zero-order valence-electron chi connectivity index (χ0n) is 4.94. The lowest BCUT2D eigenvalue weighted by molar-refractivity contribution is 0.353. The number of hydrogen-bond donors (Lipinski definition) is 0. The van der Waals surface area contributed by atoms with Crippen molar-refractivity contribution in [1.82, 2.24) is 4.90 Å². The van der Waals surface area contributed by atoms with Gasteiger partial charge in [-0.1, -0.05) is 0 Å². The van der Waals surface area contributed by atoms with Crippen molar-refractivity contribution >= 4 is 12.4 Å². The summed E-state index contributed by atoms with van der Waals surface area (Å²) in [4.78, 5) is 10.3. The fraction of sp³-hybridized carbons (Fsp3) is 0.333. The molecule has 0 aromatic rings. The van der Waals surface area contributed by atoms with Crippen LogP contribution in [0.3, 0.4) is 0 Å². The third-order valence-electron chi connectivity index (χ3n) is 1.41. The Labute approximate surface area is 53.4 Å². The van der Waals surface area contributed by atoms with Crippen LogP contribution < -0.4 is 0 Å². The molecule has 0 aliphatic carbocycles. The molecule has 2 aliphatic rings. The molecule has 0 aromatic heterocycles. The summed E-state index contributed by atoms with van der Waals surface area (Å²) in [7, 11) is 0. The molecule has 0 N–H and O–H groups in total. The van der Waals surface area contributed by atoms with E-state index in [1.54, 1.807) is 6.21 Å². The molecule has 2 heterocycles. The molecule has 0 amide bonds. The van der Waals surface area contributed by atoms with Gasteiger partial charge < -0.3 is 4.90 Å². The monoisotopic (exact) mass is 121 g/mol. The molecule has 1 unspecified atom stereocenters. The van der Waals surface area contributed by atoms with Crippen molar-refractivity contribution in [3.63, 3.8) is 0 Å². The molecule has 0 radical (unpaired) electrons. The number of aliphatic imine (C=N–C) groups is 2. The van der Waals surface area contributed by atoms with Crippen LogP contribution >= 0.6 is 0 Å². The molecule has 1 atom stereocenters. The van der Waals surface area contributed by atoms with Crippen molar-refractivity contribution in [2.75, 3.05) is 6.54 Å². The second-order valence-corrected chi connectivity index (χ2v) is 2.01. The number of fused-ring (bicyclic) bond motifs is 1. The van der Waals surface area contributed by atoms with Crippen molar-refractivity contribution in [3.8, 4) is 0 Å². The highest BCUT2D eigenvalue weighted by Crippen LogP contribution is 2.10. The van der Waals surface area contributed by atoms with Gasteiger partial charge in [0.15, 0.2) is 0 Å². The normalized spacial score (nSPS) is 29.3. The summed E-state index contributed by atoms with van der Waals surface area (Å²) in [6.45, 7) is 0.901. The van der Waals surface area contributed by atoms with Gasteiger partial charge in [0.25, 0.3) is 0 Å². The third-order valence-corrected chi connectivity index (χ3v) is 1.41. The third kappa shape index (κ3) is 0.650. The topological polar surface area (TPSA) is 28.0 Å². The highest BCUT2D eigenvalue weighted by Gasteiger charge is 2.16. The number of hydrogen-bond acceptors (Lipinski definition) is 3. The highest BCUT2D eigenvalue weighted by molar-refractivity contribution is 5.73. The predicted octanol–water partition coefficient (Wildman–Crippen LogP) is 0.254. The van der Waals surface area contributed by atoms with Crippen LogP contribution in [0, 0.1) is 0 Å². The van der Waals surface area contributed by atoms with E-state index in [1.165, 1.54) is 0 Å². The van der Waals surface area contributed by atoms with Crippen LogP contribution in [0.1, 0.15) is 0 Å². The van der Waals surface area contributed by atoms with Gasteiger partial charge in [0, 0.05) is 18.6 Å². The van der Waals surface area contributed by atoms with E-state index < -0.39 is 0 Å². The van der Waals surface area contributed by atoms with E-state index in [2.05, 4.69) is 14.9 Å². The Hall–Kier alpha value is -1.12. The van der Waals surface area contributed by atoms with E-state index in [9.17, 15) is 0 Å². The van der Waals surface area contributed by atoms with Crippen LogP contribution in [-0.2, 0) is 0 Å². The molecule has 9 heavy (non-hydrogen) atoms. The van der Waals surface area contributed by atoms with E-state index in [0.717, 1.165) is 6.54 Å². The van der Waals surface area contributed by atoms with E-state index in [4.69, 9.17) is 0 Å². The van der Waals surface area contributed by atoms with Crippen molar-refractivity contribution < 1.29 is 0 Å². The summed E-state index contributed by atoms with van der Waals surface area (Å²) in [6, 6.07) is 0. The van der Waals surface area contributed by atoms with Crippen molar-refractivity contribution in [2.24, 2.45) is 9.98 Å². The maximum absolute atomic E-state index is 4.11. The number of nitrogens with zero attached hydrogens (tertiary/aromatic N) is 3. The molecule has 46 valence electrons. The summed E-state index contributed by atoms with van der Waals surface area (Å²) in [5, 5.41) is 0. The quantitative estimate of drug-likeness (QED) is 0.451. The molecule has 0 bridgehead atoms. The summed E-state index contributed by atoms with van der Waals surface area (Å²) in [5.74, 6) is 0. The fourth-order valence-corrected chi connectivity index (χ4v) is 0.953. The van der Waals surface area contributed by atoms with Crippen LogP contribution in [0.5, 0.6) is 0 Å². The van der Waals surface area contributed by atoms with Gasteiger partial charge in [-0.05, 0) is 6.08 Å². The molecule has 3 nitrogen and oxygen atoms in total. The minimum atomic E-state index is 0.0509. The molecule has 2 rings (SSSR count). The van der Waals surface area contributed by atoms with Gasteiger partial charge >= 0.3 is 0 Å². The first-order valence-electron chi connectivity index (χ1n) is 2.94. The van der Waals surface area contributed by atoms with E-state index in [0.29, 0.717) is 0 Å². The minimum absolute atomic E-state index is 0.0509. The largest absolute Gasteiger partial charge is 0.333 e. The standard InChI is InChI=1S/C6H7N3/c1-2-7-6-8-3-5-9(6)4-1/h1-4,6H,5H2. The maximum Gasteiger partial charge on any atom is 0.215 e. The van der Waals surface area contributed by atoms with Crippen LogP contribution in [0.25, 0.3) is 0 Å². The Morgan fingerprint density at radius 1 is 1.44 bits per heavy atom. The van der Waals surface area contributed by atoms with Gasteiger partial charge in [-0.2, -0.15) is 0 Å². The summed E-state index contributed by atoms with van der Waals surface area (Å²) < 4.78 is 0. The first-order chi connectivity index (χ1) is 4.47. The Bertz CT molecular complexity index is 192. The van der Waals surface area contributed by atoms with E-state index >= 15 is 0 Å². The van der Waals surface area contributed by atoms with Gasteiger partial charge in [0.2, 0.25) is 6.29 Å². The lowest BCUT2D eigenvalue weighted by Gasteiger charge is -2.18. The van der Waals surface area contributed by atoms with E-state index in [-0.39, 0.29) is 6.29 Å². The van der Waals surface area contributed by atoms with Gasteiger partial charge in [0.1, 0.15) is 0 Å². The molecule has 0 aromatic carbocycles.